The van der Waals surface area contributed by atoms with Gasteiger partial charge in [0.2, 0.25) is 0 Å². The summed E-state index contributed by atoms with van der Waals surface area (Å²) in [7, 11) is 0. The van der Waals surface area contributed by atoms with Gasteiger partial charge in [-0.1, -0.05) is 13.8 Å². The topological polar surface area (TPSA) is 30.7 Å². The standard InChI is InChI=1S/C13H19N3/c1-8(2)12-11-10(5)6-7-14-13(11)16(15-12)9(3)4/h6-9H,1-5H3. The highest BCUT2D eigenvalue weighted by atomic mass is 15.3. The lowest BCUT2D eigenvalue weighted by Crippen LogP contribution is -2.04. The van der Waals surface area contributed by atoms with Crippen molar-refractivity contribution in [3.8, 4) is 0 Å². The molecule has 0 amide bonds. The van der Waals surface area contributed by atoms with Crippen molar-refractivity contribution >= 4 is 11.0 Å². The van der Waals surface area contributed by atoms with Gasteiger partial charge < -0.3 is 0 Å². The average Bonchev–Trinajstić information content (AvgIpc) is 2.58. The van der Waals surface area contributed by atoms with Gasteiger partial charge in [-0.05, 0) is 38.3 Å². The third-order valence-electron chi connectivity index (χ3n) is 2.86. The molecule has 0 radical (unpaired) electrons. The molecule has 0 bridgehead atoms. The Balaban J connectivity index is 2.82. The van der Waals surface area contributed by atoms with Crippen molar-refractivity contribution in [3.63, 3.8) is 0 Å². The molecule has 16 heavy (non-hydrogen) atoms. The molecule has 86 valence electrons. The summed E-state index contributed by atoms with van der Waals surface area (Å²) < 4.78 is 2.03. The summed E-state index contributed by atoms with van der Waals surface area (Å²) in [5, 5.41) is 5.93. The van der Waals surface area contributed by atoms with Crippen LogP contribution in [0.2, 0.25) is 0 Å². The molecule has 0 saturated carbocycles. The van der Waals surface area contributed by atoms with Crippen molar-refractivity contribution in [1.82, 2.24) is 14.8 Å². The fourth-order valence-electron chi connectivity index (χ4n) is 2.01. The average molecular weight is 217 g/mol. The third-order valence-corrected chi connectivity index (χ3v) is 2.86. The van der Waals surface area contributed by atoms with Gasteiger partial charge in [0.25, 0.3) is 0 Å². The summed E-state index contributed by atoms with van der Waals surface area (Å²) in [6, 6.07) is 2.41. The van der Waals surface area contributed by atoms with Crippen molar-refractivity contribution in [2.45, 2.75) is 46.6 Å². The Kier molecular flexibility index (Phi) is 2.70. The maximum absolute atomic E-state index is 4.70. The second-order valence-corrected chi connectivity index (χ2v) is 4.90. The van der Waals surface area contributed by atoms with E-state index in [9.17, 15) is 0 Å². The predicted molar refractivity (Wildman–Crippen MR) is 66.7 cm³/mol. The van der Waals surface area contributed by atoms with Gasteiger partial charge >= 0.3 is 0 Å². The Bertz CT molecular complexity index is 509. The molecule has 3 heteroatoms. The molecule has 0 atom stereocenters. The van der Waals surface area contributed by atoms with E-state index in [1.54, 1.807) is 0 Å². The van der Waals surface area contributed by atoms with E-state index in [1.165, 1.54) is 10.9 Å². The SMILES string of the molecule is Cc1ccnc2c1c(C(C)C)nn2C(C)C. The molecule has 0 aliphatic rings. The summed E-state index contributed by atoms with van der Waals surface area (Å²) >= 11 is 0. The molecule has 0 saturated heterocycles. The molecule has 0 fully saturated rings. The van der Waals surface area contributed by atoms with Crippen LogP contribution in [0.25, 0.3) is 11.0 Å². The predicted octanol–water partition coefficient (Wildman–Crippen LogP) is 3.44. The molecular formula is C13H19N3. The van der Waals surface area contributed by atoms with Crippen molar-refractivity contribution in [1.29, 1.82) is 0 Å². The highest BCUT2D eigenvalue weighted by Crippen LogP contribution is 2.27. The van der Waals surface area contributed by atoms with Crippen LogP contribution in [0.1, 0.15) is 50.9 Å². The molecule has 0 spiro atoms. The quantitative estimate of drug-likeness (QED) is 0.771. The van der Waals surface area contributed by atoms with Gasteiger partial charge in [-0.2, -0.15) is 5.10 Å². The van der Waals surface area contributed by atoms with E-state index < -0.39 is 0 Å². The number of aryl methyl sites for hydroxylation is 1. The highest BCUT2D eigenvalue weighted by Gasteiger charge is 2.17. The van der Waals surface area contributed by atoms with Crippen LogP contribution in [-0.4, -0.2) is 14.8 Å². The normalized spacial score (nSPS) is 11.9. The Morgan fingerprint density at radius 3 is 2.44 bits per heavy atom. The van der Waals surface area contributed by atoms with Crippen LogP contribution in [0.5, 0.6) is 0 Å². The van der Waals surface area contributed by atoms with E-state index in [1.807, 2.05) is 10.9 Å². The summed E-state index contributed by atoms with van der Waals surface area (Å²) in [6.07, 6.45) is 1.86. The lowest BCUT2D eigenvalue weighted by atomic mass is 10.0. The summed E-state index contributed by atoms with van der Waals surface area (Å²) in [5.41, 5.74) is 3.44. The lowest BCUT2D eigenvalue weighted by molar-refractivity contribution is 0.535. The minimum absolute atomic E-state index is 0.351. The Hall–Kier alpha value is -1.38. The Morgan fingerprint density at radius 1 is 1.19 bits per heavy atom. The monoisotopic (exact) mass is 217 g/mol. The number of nitrogens with zero attached hydrogens (tertiary/aromatic N) is 3. The fourth-order valence-corrected chi connectivity index (χ4v) is 2.01. The molecule has 2 rings (SSSR count). The molecule has 0 aliphatic heterocycles. The van der Waals surface area contributed by atoms with Crippen molar-refractivity contribution in [2.75, 3.05) is 0 Å². The van der Waals surface area contributed by atoms with Gasteiger partial charge in [-0.3, -0.25) is 0 Å². The largest absolute Gasteiger partial charge is 0.244 e. The van der Waals surface area contributed by atoms with Crippen LogP contribution in [-0.2, 0) is 0 Å². The smallest absolute Gasteiger partial charge is 0.158 e. The van der Waals surface area contributed by atoms with Gasteiger partial charge in [-0.15, -0.1) is 0 Å². The minimum atomic E-state index is 0.351. The van der Waals surface area contributed by atoms with E-state index in [4.69, 9.17) is 5.10 Å². The van der Waals surface area contributed by atoms with Gasteiger partial charge in [0, 0.05) is 17.6 Å². The van der Waals surface area contributed by atoms with Crippen molar-refractivity contribution in [3.05, 3.63) is 23.5 Å². The summed E-state index contributed by atoms with van der Waals surface area (Å²) in [4.78, 5) is 4.47. The number of rotatable bonds is 2. The molecule has 0 aliphatic carbocycles. The van der Waals surface area contributed by atoms with Crippen LogP contribution in [0.3, 0.4) is 0 Å². The van der Waals surface area contributed by atoms with E-state index in [0.29, 0.717) is 12.0 Å². The molecule has 2 aromatic rings. The molecule has 2 aromatic heterocycles. The first-order valence-electron chi connectivity index (χ1n) is 5.86. The molecular weight excluding hydrogens is 198 g/mol. The zero-order chi connectivity index (χ0) is 11.9. The van der Waals surface area contributed by atoms with Crippen LogP contribution in [0, 0.1) is 6.92 Å². The maximum Gasteiger partial charge on any atom is 0.158 e. The third kappa shape index (κ3) is 1.60. The summed E-state index contributed by atoms with van der Waals surface area (Å²) in [6.45, 7) is 10.8. The van der Waals surface area contributed by atoms with Crippen LogP contribution < -0.4 is 0 Å². The number of pyridine rings is 1. The second-order valence-electron chi connectivity index (χ2n) is 4.90. The lowest BCUT2D eigenvalue weighted by Gasteiger charge is -2.05. The molecule has 3 nitrogen and oxygen atoms in total. The van der Waals surface area contributed by atoms with E-state index in [2.05, 4.69) is 45.7 Å². The number of hydrogen-bond donors (Lipinski definition) is 0. The van der Waals surface area contributed by atoms with Crippen molar-refractivity contribution in [2.24, 2.45) is 0 Å². The maximum atomic E-state index is 4.70. The number of hydrogen-bond acceptors (Lipinski definition) is 2. The second kappa shape index (κ2) is 3.89. The fraction of sp³-hybridized carbons (Fsp3) is 0.538. The van der Waals surface area contributed by atoms with Crippen molar-refractivity contribution < 1.29 is 0 Å². The van der Waals surface area contributed by atoms with Gasteiger partial charge in [0.1, 0.15) is 0 Å². The first-order chi connectivity index (χ1) is 7.52. The first-order valence-corrected chi connectivity index (χ1v) is 5.86. The van der Waals surface area contributed by atoms with E-state index >= 15 is 0 Å². The summed E-state index contributed by atoms with van der Waals surface area (Å²) in [5.74, 6) is 0.436. The Labute approximate surface area is 96.5 Å². The molecule has 0 N–H and O–H groups in total. The van der Waals surface area contributed by atoms with E-state index in [0.717, 1.165) is 11.3 Å². The van der Waals surface area contributed by atoms with Gasteiger partial charge in [-0.25, -0.2) is 9.67 Å². The Morgan fingerprint density at radius 2 is 1.88 bits per heavy atom. The van der Waals surface area contributed by atoms with Crippen LogP contribution >= 0.6 is 0 Å². The highest BCUT2D eigenvalue weighted by molar-refractivity contribution is 5.82. The van der Waals surface area contributed by atoms with Gasteiger partial charge in [0.05, 0.1) is 5.69 Å². The molecule has 0 unspecified atom stereocenters. The molecule has 0 aromatic carbocycles. The molecule has 2 heterocycles. The minimum Gasteiger partial charge on any atom is -0.244 e. The zero-order valence-electron chi connectivity index (χ0n) is 10.7. The first kappa shape index (κ1) is 11.1. The number of fused-ring (bicyclic) bond motifs is 1. The number of aromatic nitrogens is 3. The van der Waals surface area contributed by atoms with Crippen LogP contribution in [0.15, 0.2) is 12.3 Å². The van der Waals surface area contributed by atoms with E-state index in [-0.39, 0.29) is 0 Å². The zero-order valence-corrected chi connectivity index (χ0v) is 10.7. The van der Waals surface area contributed by atoms with Gasteiger partial charge in [0.15, 0.2) is 5.65 Å². The van der Waals surface area contributed by atoms with Crippen LogP contribution in [0.4, 0.5) is 0 Å².